The second-order valence-electron chi connectivity index (χ2n) is 4.78. The fraction of sp³-hybridized carbons (Fsp3) is 0.818. The van der Waals surface area contributed by atoms with Gasteiger partial charge in [-0.25, -0.2) is 0 Å². The lowest BCUT2D eigenvalue weighted by Gasteiger charge is -2.08. The van der Waals surface area contributed by atoms with Crippen LogP contribution in [0.5, 0.6) is 0 Å². The van der Waals surface area contributed by atoms with Gasteiger partial charge in [-0.15, -0.1) is 0 Å². The molecule has 0 aliphatic heterocycles. The number of rotatable bonds is 5. The van der Waals surface area contributed by atoms with Gasteiger partial charge in [-0.3, -0.25) is 0 Å². The molecular formula is C11H17N3O. The molecule has 1 aromatic rings. The van der Waals surface area contributed by atoms with Crippen molar-refractivity contribution in [2.75, 3.05) is 7.05 Å². The van der Waals surface area contributed by atoms with Gasteiger partial charge in [0.05, 0.1) is 6.54 Å². The van der Waals surface area contributed by atoms with Crippen molar-refractivity contribution in [3.63, 3.8) is 0 Å². The summed E-state index contributed by atoms with van der Waals surface area (Å²) < 4.78 is 5.38. The quantitative estimate of drug-likeness (QED) is 0.798. The molecule has 2 fully saturated rings. The lowest BCUT2D eigenvalue weighted by molar-refractivity contribution is 0.322. The van der Waals surface area contributed by atoms with Crippen LogP contribution in [0.2, 0.25) is 0 Å². The molecule has 0 spiro atoms. The van der Waals surface area contributed by atoms with Crippen molar-refractivity contribution >= 4 is 0 Å². The van der Waals surface area contributed by atoms with Gasteiger partial charge in [-0.1, -0.05) is 5.16 Å². The summed E-state index contributed by atoms with van der Waals surface area (Å²) in [6.07, 6.45) is 5.41. The maximum absolute atomic E-state index is 5.38. The van der Waals surface area contributed by atoms with E-state index in [4.69, 9.17) is 4.52 Å². The fourth-order valence-electron chi connectivity index (χ4n) is 2.33. The van der Waals surface area contributed by atoms with Gasteiger partial charge in [0, 0.05) is 5.92 Å². The molecule has 1 heterocycles. The van der Waals surface area contributed by atoms with E-state index in [0.717, 1.165) is 23.6 Å². The third-order valence-corrected chi connectivity index (χ3v) is 3.36. The van der Waals surface area contributed by atoms with Gasteiger partial charge < -0.3 is 9.84 Å². The van der Waals surface area contributed by atoms with Crippen molar-refractivity contribution in [1.29, 1.82) is 0 Å². The van der Waals surface area contributed by atoms with Crippen LogP contribution < -0.4 is 5.32 Å². The predicted octanol–water partition coefficient (Wildman–Crippen LogP) is 1.69. The number of nitrogens with zero attached hydrogens (tertiary/aromatic N) is 2. The number of nitrogens with one attached hydrogen (secondary N) is 1. The molecular weight excluding hydrogens is 190 g/mol. The van der Waals surface area contributed by atoms with Crippen LogP contribution >= 0.6 is 0 Å². The largest absolute Gasteiger partial charge is 0.339 e. The monoisotopic (exact) mass is 207 g/mol. The van der Waals surface area contributed by atoms with E-state index < -0.39 is 0 Å². The van der Waals surface area contributed by atoms with Crippen LogP contribution in [0, 0.1) is 11.8 Å². The first-order valence-corrected chi connectivity index (χ1v) is 5.85. The zero-order valence-corrected chi connectivity index (χ0v) is 9.07. The van der Waals surface area contributed by atoms with E-state index in [-0.39, 0.29) is 0 Å². The van der Waals surface area contributed by atoms with Crippen LogP contribution in [-0.4, -0.2) is 17.2 Å². The Morgan fingerprint density at radius 1 is 1.33 bits per heavy atom. The van der Waals surface area contributed by atoms with E-state index in [1.165, 1.54) is 25.7 Å². The minimum absolute atomic E-state index is 0.572. The Morgan fingerprint density at radius 3 is 2.53 bits per heavy atom. The van der Waals surface area contributed by atoms with Crippen molar-refractivity contribution < 1.29 is 4.52 Å². The van der Waals surface area contributed by atoms with Gasteiger partial charge in [-0.05, 0) is 44.6 Å². The molecule has 4 nitrogen and oxygen atoms in total. The molecule has 2 saturated carbocycles. The second kappa shape index (κ2) is 3.59. The normalized spacial score (nSPS) is 21.2. The standard InChI is InChI=1S/C11H17N3O/c1-12-6-9-13-11(15-14-9)10(7-2-3-7)8-4-5-8/h7-8,10,12H,2-6H2,1H3. The van der Waals surface area contributed by atoms with Gasteiger partial charge in [0.15, 0.2) is 5.82 Å². The summed E-state index contributed by atoms with van der Waals surface area (Å²) in [5.41, 5.74) is 0. The second-order valence-corrected chi connectivity index (χ2v) is 4.78. The summed E-state index contributed by atoms with van der Waals surface area (Å²) in [7, 11) is 1.90. The van der Waals surface area contributed by atoms with Crippen molar-refractivity contribution in [1.82, 2.24) is 15.5 Å². The summed E-state index contributed by atoms with van der Waals surface area (Å²) in [5, 5.41) is 7.04. The first kappa shape index (κ1) is 9.33. The molecule has 0 saturated heterocycles. The summed E-state index contributed by atoms with van der Waals surface area (Å²) in [5.74, 6) is 3.92. The van der Waals surface area contributed by atoms with E-state index in [1.54, 1.807) is 0 Å². The van der Waals surface area contributed by atoms with Crippen molar-refractivity contribution in [2.45, 2.75) is 38.1 Å². The Kier molecular flexibility index (Phi) is 2.24. The van der Waals surface area contributed by atoms with Crippen LogP contribution in [-0.2, 0) is 6.54 Å². The smallest absolute Gasteiger partial charge is 0.230 e. The molecule has 0 atom stereocenters. The number of hydrogen-bond acceptors (Lipinski definition) is 4. The van der Waals surface area contributed by atoms with Gasteiger partial charge in [0.2, 0.25) is 5.89 Å². The van der Waals surface area contributed by atoms with Crippen molar-refractivity contribution in [3.05, 3.63) is 11.7 Å². The molecule has 2 aliphatic carbocycles. The zero-order chi connectivity index (χ0) is 10.3. The minimum Gasteiger partial charge on any atom is -0.339 e. The highest BCUT2D eigenvalue weighted by Gasteiger charge is 2.45. The summed E-state index contributed by atoms with van der Waals surface area (Å²) in [4.78, 5) is 4.48. The van der Waals surface area contributed by atoms with Crippen LogP contribution in [0.15, 0.2) is 4.52 Å². The maximum Gasteiger partial charge on any atom is 0.230 e. The lowest BCUT2D eigenvalue weighted by Crippen LogP contribution is -2.08. The topological polar surface area (TPSA) is 51.0 Å². The first-order valence-electron chi connectivity index (χ1n) is 5.85. The van der Waals surface area contributed by atoms with Gasteiger partial charge in [0.25, 0.3) is 0 Å². The molecule has 2 aliphatic rings. The summed E-state index contributed by atoms with van der Waals surface area (Å²) in [6.45, 7) is 0.700. The molecule has 0 bridgehead atoms. The highest BCUT2D eigenvalue weighted by atomic mass is 16.5. The zero-order valence-electron chi connectivity index (χ0n) is 9.07. The van der Waals surface area contributed by atoms with Crippen LogP contribution in [0.1, 0.15) is 43.3 Å². The molecule has 0 radical (unpaired) electrons. The maximum atomic E-state index is 5.38. The van der Waals surface area contributed by atoms with Gasteiger partial charge in [-0.2, -0.15) is 4.98 Å². The summed E-state index contributed by atoms with van der Waals surface area (Å²) >= 11 is 0. The molecule has 4 heteroatoms. The SMILES string of the molecule is CNCc1noc(C(C2CC2)C2CC2)n1. The molecule has 0 aromatic carbocycles. The Balaban J connectivity index is 1.76. The van der Waals surface area contributed by atoms with Crippen molar-refractivity contribution in [3.8, 4) is 0 Å². The molecule has 0 amide bonds. The molecule has 1 aromatic heterocycles. The van der Waals surface area contributed by atoms with Crippen molar-refractivity contribution in [2.24, 2.45) is 11.8 Å². The number of hydrogen-bond donors (Lipinski definition) is 1. The lowest BCUT2D eigenvalue weighted by atomic mass is 9.98. The van der Waals surface area contributed by atoms with Crippen LogP contribution in [0.4, 0.5) is 0 Å². The van der Waals surface area contributed by atoms with E-state index >= 15 is 0 Å². The Bertz CT molecular complexity index is 329. The Labute approximate surface area is 89.4 Å². The number of aromatic nitrogens is 2. The molecule has 1 N–H and O–H groups in total. The third kappa shape index (κ3) is 1.91. The average Bonchev–Trinajstić information content (AvgIpc) is 3.11. The van der Waals surface area contributed by atoms with Gasteiger partial charge in [0.1, 0.15) is 0 Å². The Morgan fingerprint density at radius 2 is 2.00 bits per heavy atom. The summed E-state index contributed by atoms with van der Waals surface area (Å²) in [6, 6.07) is 0. The first-order chi connectivity index (χ1) is 7.38. The predicted molar refractivity (Wildman–Crippen MR) is 55.3 cm³/mol. The van der Waals surface area contributed by atoms with E-state index in [0.29, 0.717) is 12.5 Å². The molecule has 82 valence electrons. The average molecular weight is 207 g/mol. The Hall–Kier alpha value is -0.900. The van der Waals surface area contributed by atoms with Gasteiger partial charge >= 0.3 is 0 Å². The van der Waals surface area contributed by atoms with E-state index in [2.05, 4.69) is 15.5 Å². The van der Waals surface area contributed by atoms with Crippen LogP contribution in [0.25, 0.3) is 0 Å². The van der Waals surface area contributed by atoms with Crippen LogP contribution in [0.3, 0.4) is 0 Å². The highest BCUT2D eigenvalue weighted by Crippen LogP contribution is 2.53. The highest BCUT2D eigenvalue weighted by molar-refractivity contribution is 5.07. The molecule has 3 rings (SSSR count). The fourth-order valence-corrected chi connectivity index (χ4v) is 2.33. The van der Waals surface area contributed by atoms with E-state index in [1.807, 2.05) is 7.05 Å². The minimum atomic E-state index is 0.572. The molecule has 15 heavy (non-hydrogen) atoms. The van der Waals surface area contributed by atoms with E-state index in [9.17, 15) is 0 Å². The molecule has 0 unspecified atom stereocenters. The third-order valence-electron chi connectivity index (χ3n) is 3.36.